The highest BCUT2D eigenvalue weighted by molar-refractivity contribution is 7.92. The van der Waals surface area contributed by atoms with Gasteiger partial charge in [-0.3, -0.25) is 14.5 Å². The van der Waals surface area contributed by atoms with Crippen molar-refractivity contribution in [2.24, 2.45) is 0 Å². The van der Waals surface area contributed by atoms with Gasteiger partial charge in [-0.1, -0.05) is 18.2 Å². The molecule has 2 aromatic carbocycles. The van der Waals surface area contributed by atoms with Crippen LogP contribution in [0.4, 0.5) is 10.1 Å². The number of anilines is 1. The van der Waals surface area contributed by atoms with Crippen LogP contribution in [0.15, 0.2) is 60.9 Å². The van der Waals surface area contributed by atoms with Crippen molar-refractivity contribution in [3.63, 3.8) is 0 Å². The highest BCUT2D eigenvalue weighted by Crippen LogP contribution is 2.44. The Morgan fingerprint density at radius 1 is 1.08 bits per heavy atom. The lowest BCUT2D eigenvalue weighted by Gasteiger charge is -2.17. The van der Waals surface area contributed by atoms with Crippen LogP contribution in [0, 0.1) is 5.95 Å². The van der Waals surface area contributed by atoms with Crippen molar-refractivity contribution < 1.29 is 27.1 Å². The van der Waals surface area contributed by atoms with E-state index in [1.54, 1.807) is 36.4 Å². The van der Waals surface area contributed by atoms with Crippen LogP contribution in [0.3, 0.4) is 0 Å². The Morgan fingerprint density at radius 3 is 2.53 bits per heavy atom. The molecule has 1 aliphatic rings. The van der Waals surface area contributed by atoms with E-state index >= 15 is 0 Å². The number of amides is 1. The Morgan fingerprint density at radius 2 is 1.84 bits per heavy atom. The lowest BCUT2D eigenvalue weighted by atomic mass is 10.0. The minimum Gasteiger partial charge on any atom is -0.497 e. The summed E-state index contributed by atoms with van der Waals surface area (Å²) in [4.78, 5) is 23.4. The number of methoxy groups -OCH3 is 1. The number of carbonyl (C=O) groups excluding carboxylic acids is 1. The third-order valence-electron chi connectivity index (χ3n) is 6.31. The topological polar surface area (TPSA) is 111 Å². The maximum Gasteiger partial charge on any atom is 0.258 e. The molecule has 1 aliphatic heterocycles. The first-order valence-electron chi connectivity index (χ1n) is 11.9. The molecule has 9 nitrogen and oxygen atoms in total. The molecule has 5 rings (SSSR count). The molecule has 0 bridgehead atoms. The number of ether oxygens (including phenoxy) is 2. The Hall–Kier alpha value is -4.25. The number of benzene rings is 2. The molecule has 0 radical (unpaired) electrons. The second-order valence-corrected chi connectivity index (χ2v) is 10.8. The van der Waals surface area contributed by atoms with Crippen LogP contribution in [-0.2, 0) is 29.7 Å². The molecule has 0 unspecified atom stereocenters. The average Bonchev–Trinajstić information content (AvgIpc) is 3.25. The summed E-state index contributed by atoms with van der Waals surface area (Å²) in [7, 11) is -2.09. The van der Waals surface area contributed by atoms with Gasteiger partial charge < -0.3 is 14.4 Å². The molecule has 11 heteroatoms. The van der Waals surface area contributed by atoms with Crippen LogP contribution in [0.1, 0.15) is 34.0 Å². The largest absolute Gasteiger partial charge is 0.497 e. The number of hydrogen-bond acceptors (Lipinski definition) is 7. The van der Waals surface area contributed by atoms with Crippen molar-refractivity contribution in [1.29, 1.82) is 0 Å². The second kappa shape index (κ2) is 10.3. The van der Waals surface area contributed by atoms with E-state index in [0.29, 0.717) is 33.5 Å². The van der Waals surface area contributed by atoms with E-state index in [2.05, 4.69) is 14.7 Å². The monoisotopic (exact) mass is 536 g/mol. The molecule has 4 aromatic rings. The lowest BCUT2D eigenvalue weighted by Crippen LogP contribution is -2.23. The van der Waals surface area contributed by atoms with Crippen LogP contribution < -0.4 is 14.2 Å². The van der Waals surface area contributed by atoms with Crippen molar-refractivity contribution in [1.82, 2.24) is 14.9 Å². The van der Waals surface area contributed by atoms with Gasteiger partial charge in [0.15, 0.2) is 5.75 Å². The first-order valence-corrected chi connectivity index (χ1v) is 13.5. The molecule has 1 N–H and O–H groups in total. The van der Waals surface area contributed by atoms with Gasteiger partial charge in [0.25, 0.3) is 5.91 Å². The van der Waals surface area contributed by atoms with Gasteiger partial charge in [-0.15, -0.1) is 0 Å². The van der Waals surface area contributed by atoms with Gasteiger partial charge in [0.2, 0.25) is 16.0 Å². The van der Waals surface area contributed by atoms with E-state index in [0.717, 1.165) is 5.56 Å². The van der Waals surface area contributed by atoms with E-state index in [-0.39, 0.29) is 42.7 Å². The number of nitrogens with one attached hydrogen (secondary N) is 1. The maximum absolute atomic E-state index is 13.7. The summed E-state index contributed by atoms with van der Waals surface area (Å²) in [5, 5.41) is 0.520. The van der Waals surface area contributed by atoms with Gasteiger partial charge in [0.1, 0.15) is 17.9 Å². The molecule has 0 aliphatic carbocycles. The Labute approximate surface area is 219 Å². The van der Waals surface area contributed by atoms with E-state index in [1.807, 2.05) is 24.3 Å². The number of rotatable bonds is 9. The number of aromatic nitrogens is 2. The first-order chi connectivity index (χ1) is 18.3. The van der Waals surface area contributed by atoms with E-state index in [9.17, 15) is 17.6 Å². The summed E-state index contributed by atoms with van der Waals surface area (Å²) in [6.45, 7) is 1.96. The Bertz CT molecular complexity index is 1610. The highest BCUT2D eigenvalue weighted by atomic mass is 32.2. The summed E-state index contributed by atoms with van der Waals surface area (Å²) in [5.74, 6) is -0.129. The molecule has 196 valence electrons. The van der Waals surface area contributed by atoms with Crippen molar-refractivity contribution >= 4 is 32.5 Å². The maximum atomic E-state index is 13.7. The molecule has 2 aromatic heterocycles. The number of fused-ring (bicyclic) bond motifs is 2. The highest BCUT2D eigenvalue weighted by Gasteiger charge is 2.36. The standard InChI is InChI=1S/C27H25FN4O5S/c1-3-38(34,35)31-24-20-5-4-12-29-25(20)26(37-16-17-6-9-19(36-2)10-7-17)23-21(24)15-32(27(23)33)14-18-8-11-22(28)30-13-18/h4-13,31H,3,14-16H2,1-2H3. The molecule has 0 saturated heterocycles. The van der Waals surface area contributed by atoms with Crippen molar-refractivity contribution in [3.05, 3.63) is 89.1 Å². The van der Waals surface area contributed by atoms with Crippen molar-refractivity contribution in [2.75, 3.05) is 17.6 Å². The Balaban J connectivity index is 1.61. The number of pyridine rings is 2. The molecular weight excluding hydrogens is 511 g/mol. The smallest absolute Gasteiger partial charge is 0.258 e. The predicted octanol–water partition coefficient (Wildman–Crippen LogP) is 4.27. The number of halogens is 1. The minimum absolute atomic E-state index is 0.122. The summed E-state index contributed by atoms with van der Waals surface area (Å²) in [5.41, 5.74) is 2.88. The number of carbonyl (C=O) groups is 1. The van der Waals surface area contributed by atoms with Crippen molar-refractivity contribution in [3.8, 4) is 11.5 Å². The fraction of sp³-hybridized carbons (Fsp3) is 0.222. The third-order valence-corrected chi connectivity index (χ3v) is 7.59. The molecular formula is C27H25FN4O5S. The van der Waals surface area contributed by atoms with E-state index in [1.165, 1.54) is 19.2 Å². The zero-order valence-electron chi connectivity index (χ0n) is 20.8. The number of nitrogens with zero attached hydrogens (tertiary/aromatic N) is 3. The van der Waals surface area contributed by atoms with E-state index < -0.39 is 16.0 Å². The third kappa shape index (κ3) is 4.97. The van der Waals surface area contributed by atoms with Gasteiger partial charge in [-0.2, -0.15) is 4.39 Å². The van der Waals surface area contributed by atoms with Crippen LogP contribution in [0.2, 0.25) is 0 Å². The van der Waals surface area contributed by atoms with Gasteiger partial charge in [0.05, 0.1) is 24.1 Å². The van der Waals surface area contributed by atoms with Crippen LogP contribution in [0.25, 0.3) is 10.9 Å². The van der Waals surface area contributed by atoms with Crippen LogP contribution >= 0.6 is 0 Å². The van der Waals surface area contributed by atoms with E-state index in [4.69, 9.17) is 9.47 Å². The number of hydrogen-bond donors (Lipinski definition) is 1. The van der Waals surface area contributed by atoms with Gasteiger partial charge in [-0.25, -0.2) is 13.4 Å². The second-order valence-electron chi connectivity index (χ2n) is 8.75. The normalized spacial score (nSPS) is 13.0. The zero-order chi connectivity index (χ0) is 26.9. The Kier molecular flexibility index (Phi) is 6.85. The first kappa shape index (κ1) is 25.4. The summed E-state index contributed by atoms with van der Waals surface area (Å²) >= 11 is 0. The SMILES string of the molecule is CCS(=O)(=O)Nc1c2c(c(OCc3ccc(OC)cc3)c3ncccc13)C(=O)N(Cc1ccc(F)nc1)C2. The van der Waals surface area contributed by atoms with Gasteiger partial charge >= 0.3 is 0 Å². The van der Waals surface area contributed by atoms with Gasteiger partial charge in [-0.05, 0) is 48.4 Å². The average molecular weight is 537 g/mol. The lowest BCUT2D eigenvalue weighted by molar-refractivity contribution is 0.0763. The zero-order valence-corrected chi connectivity index (χ0v) is 21.6. The predicted molar refractivity (Wildman–Crippen MR) is 140 cm³/mol. The van der Waals surface area contributed by atoms with Gasteiger partial charge in [0, 0.05) is 36.4 Å². The van der Waals surface area contributed by atoms with Crippen LogP contribution in [0.5, 0.6) is 11.5 Å². The molecule has 38 heavy (non-hydrogen) atoms. The molecule has 0 spiro atoms. The molecule has 0 atom stereocenters. The summed E-state index contributed by atoms with van der Waals surface area (Å²) in [6, 6.07) is 13.6. The molecule has 1 amide bonds. The summed E-state index contributed by atoms with van der Waals surface area (Å²) in [6.07, 6.45) is 2.93. The van der Waals surface area contributed by atoms with Crippen molar-refractivity contribution in [2.45, 2.75) is 26.6 Å². The minimum atomic E-state index is -3.67. The molecule has 0 saturated carbocycles. The van der Waals surface area contributed by atoms with Crippen LogP contribution in [-0.4, -0.2) is 42.1 Å². The molecule has 3 heterocycles. The summed E-state index contributed by atoms with van der Waals surface area (Å²) < 4.78 is 52.7. The number of sulfonamides is 1. The molecule has 0 fully saturated rings. The fourth-order valence-corrected chi connectivity index (χ4v) is 5.03. The quantitative estimate of drug-likeness (QED) is 0.318. The fourth-order valence-electron chi connectivity index (χ4n) is 4.35.